The molecule has 2 N–H and O–H groups in total. The SMILES string of the molecule is CCS(=O)(=O)Nc1cc2oc(-c3ccc(C(F)(F)F)nc3)c(C(=O)NC)c2cc1Br. The molecule has 3 rings (SSSR count). The van der Waals surface area contributed by atoms with Crippen molar-refractivity contribution in [1.82, 2.24) is 10.3 Å². The van der Waals surface area contributed by atoms with E-state index in [-0.39, 0.29) is 33.9 Å². The number of sulfonamides is 1. The summed E-state index contributed by atoms with van der Waals surface area (Å²) in [6.45, 7) is 1.47. The van der Waals surface area contributed by atoms with Gasteiger partial charge in [0.25, 0.3) is 5.91 Å². The van der Waals surface area contributed by atoms with Crippen molar-refractivity contribution in [2.75, 3.05) is 17.5 Å². The van der Waals surface area contributed by atoms with Gasteiger partial charge in [0.1, 0.15) is 17.0 Å². The summed E-state index contributed by atoms with van der Waals surface area (Å²) in [5.74, 6) is -0.674. The van der Waals surface area contributed by atoms with Crippen molar-refractivity contribution in [3.05, 3.63) is 46.2 Å². The Hall–Kier alpha value is -2.60. The highest BCUT2D eigenvalue weighted by Crippen LogP contribution is 2.38. The summed E-state index contributed by atoms with van der Waals surface area (Å²) in [5, 5.41) is 2.80. The molecule has 160 valence electrons. The zero-order valence-electron chi connectivity index (χ0n) is 15.6. The average molecular weight is 506 g/mol. The van der Waals surface area contributed by atoms with Gasteiger partial charge in [0.15, 0.2) is 0 Å². The number of aromatic nitrogens is 1. The second-order valence-electron chi connectivity index (χ2n) is 6.15. The van der Waals surface area contributed by atoms with Crippen LogP contribution in [-0.4, -0.2) is 32.1 Å². The van der Waals surface area contributed by atoms with Crippen molar-refractivity contribution >= 4 is 48.5 Å². The van der Waals surface area contributed by atoms with Crippen LogP contribution in [0.3, 0.4) is 0 Å². The minimum absolute atomic E-state index is 0.00738. The number of hydrogen-bond donors (Lipinski definition) is 2. The Morgan fingerprint density at radius 2 is 1.97 bits per heavy atom. The van der Waals surface area contributed by atoms with E-state index in [0.29, 0.717) is 9.86 Å². The number of nitrogens with zero attached hydrogens (tertiary/aromatic N) is 1. The van der Waals surface area contributed by atoms with Gasteiger partial charge in [-0.3, -0.25) is 14.5 Å². The number of anilines is 1. The topological polar surface area (TPSA) is 101 Å². The predicted molar refractivity (Wildman–Crippen MR) is 109 cm³/mol. The number of fused-ring (bicyclic) bond motifs is 1. The summed E-state index contributed by atoms with van der Waals surface area (Å²) >= 11 is 3.26. The summed E-state index contributed by atoms with van der Waals surface area (Å²) in [6.07, 6.45) is -3.64. The second kappa shape index (κ2) is 7.91. The van der Waals surface area contributed by atoms with Crippen molar-refractivity contribution < 1.29 is 30.8 Å². The number of halogens is 4. The molecular weight excluding hydrogens is 491 g/mol. The van der Waals surface area contributed by atoms with E-state index in [1.807, 2.05) is 0 Å². The van der Waals surface area contributed by atoms with Gasteiger partial charge in [-0.05, 0) is 41.1 Å². The zero-order valence-corrected chi connectivity index (χ0v) is 18.0. The van der Waals surface area contributed by atoms with Gasteiger partial charge in [0.2, 0.25) is 10.0 Å². The number of pyridine rings is 1. The Morgan fingerprint density at radius 1 is 1.27 bits per heavy atom. The molecule has 12 heteroatoms. The van der Waals surface area contributed by atoms with Crippen LogP contribution in [0, 0.1) is 0 Å². The number of hydrogen-bond acceptors (Lipinski definition) is 5. The highest BCUT2D eigenvalue weighted by molar-refractivity contribution is 9.10. The first-order valence-corrected chi connectivity index (χ1v) is 10.9. The van der Waals surface area contributed by atoms with E-state index < -0.39 is 27.8 Å². The first-order chi connectivity index (χ1) is 14.0. The van der Waals surface area contributed by atoms with Crippen molar-refractivity contribution in [2.24, 2.45) is 0 Å². The Bertz CT molecular complexity index is 1220. The molecule has 3 aromatic rings. The van der Waals surface area contributed by atoms with E-state index in [0.717, 1.165) is 18.3 Å². The molecule has 0 atom stereocenters. The Kier molecular flexibility index (Phi) is 5.83. The molecule has 2 heterocycles. The molecule has 2 aromatic heterocycles. The largest absolute Gasteiger partial charge is 0.455 e. The lowest BCUT2D eigenvalue weighted by Crippen LogP contribution is -2.18. The van der Waals surface area contributed by atoms with Gasteiger partial charge in [0.05, 0.1) is 17.0 Å². The standard InChI is InChI=1S/C18H15BrF3N3O4S/c1-3-30(27,28)25-12-7-13-10(6-11(12)19)15(17(26)23-2)16(29-13)9-4-5-14(24-8-9)18(20,21)22/h4-8,25H,3H2,1-2H3,(H,23,26). The molecular formula is C18H15BrF3N3O4S. The van der Waals surface area contributed by atoms with Crippen molar-refractivity contribution in [1.29, 1.82) is 0 Å². The molecule has 0 aliphatic heterocycles. The zero-order chi connectivity index (χ0) is 22.3. The van der Waals surface area contributed by atoms with Gasteiger partial charge in [-0.25, -0.2) is 8.42 Å². The van der Waals surface area contributed by atoms with E-state index in [2.05, 4.69) is 31.0 Å². The molecule has 0 spiro atoms. The normalized spacial score (nSPS) is 12.2. The predicted octanol–water partition coefficient (Wildman–Crippen LogP) is 4.40. The molecule has 0 aliphatic carbocycles. The van der Waals surface area contributed by atoms with Crippen LogP contribution in [0.5, 0.6) is 0 Å². The van der Waals surface area contributed by atoms with Crippen LogP contribution in [0.15, 0.2) is 39.4 Å². The first-order valence-electron chi connectivity index (χ1n) is 8.49. The lowest BCUT2D eigenvalue weighted by Gasteiger charge is -2.08. The first kappa shape index (κ1) is 22.1. The van der Waals surface area contributed by atoms with Gasteiger partial charge in [-0.15, -0.1) is 0 Å². The Labute approximate surface area is 177 Å². The minimum atomic E-state index is -4.60. The molecule has 0 saturated heterocycles. The maximum absolute atomic E-state index is 12.8. The van der Waals surface area contributed by atoms with Crippen LogP contribution in [-0.2, 0) is 16.2 Å². The molecule has 0 bridgehead atoms. The number of amides is 1. The highest BCUT2D eigenvalue weighted by Gasteiger charge is 2.32. The third-order valence-corrected chi connectivity index (χ3v) is 6.14. The van der Waals surface area contributed by atoms with Crippen molar-refractivity contribution in [3.63, 3.8) is 0 Å². The summed E-state index contributed by atoms with van der Waals surface area (Å²) in [5.41, 5.74) is -0.480. The van der Waals surface area contributed by atoms with E-state index in [4.69, 9.17) is 4.42 Å². The number of carbonyl (C=O) groups excluding carboxylic acids is 1. The monoisotopic (exact) mass is 505 g/mol. The molecule has 0 radical (unpaired) electrons. The lowest BCUT2D eigenvalue weighted by atomic mass is 10.1. The number of rotatable bonds is 5. The molecule has 0 unspecified atom stereocenters. The highest BCUT2D eigenvalue weighted by atomic mass is 79.9. The van der Waals surface area contributed by atoms with Crippen LogP contribution in [0.1, 0.15) is 23.0 Å². The van der Waals surface area contributed by atoms with Crippen molar-refractivity contribution in [2.45, 2.75) is 13.1 Å². The second-order valence-corrected chi connectivity index (χ2v) is 9.01. The van der Waals surface area contributed by atoms with Gasteiger partial charge in [-0.1, -0.05) is 0 Å². The van der Waals surface area contributed by atoms with Gasteiger partial charge in [0, 0.05) is 34.7 Å². The van der Waals surface area contributed by atoms with E-state index in [9.17, 15) is 26.4 Å². The molecule has 0 aliphatic rings. The molecule has 30 heavy (non-hydrogen) atoms. The third-order valence-electron chi connectivity index (χ3n) is 4.19. The maximum atomic E-state index is 12.8. The molecule has 7 nitrogen and oxygen atoms in total. The van der Waals surface area contributed by atoms with Gasteiger partial charge < -0.3 is 9.73 Å². The maximum Gasteiger partial charge on any atom is 0.433 e. The summed E-state index contributed by atoms with van der Waals surface area (Å²) in [4.78, 5) is 15.9. The van der Waals surface area contributed by atoms with Crippen LogP contribution in [0.25, 0.3) is 22.3 Å². The number of benzene rings is 1. The fourth-order valence-corrected chi connectivity index (χ4v) is 3.91. The summed E-state index contributed by atoms with van der Waals surface area (Å²) in [6, 6.07) is 4.82. The molecule has 0 fully saturated rings. The van der Waals surface area contributed by atoms with E-state index >= 15 is 0 Å². The van der Waals surface area contributed by atoms with Crippen LogP contribution >= 0.6 is 15.9 Å². The fraction of sp³-hybridized carbons (Fsp3) is 0.222. The lowest BCUT2D eigenvalue weighted by molar-refractivity contribution is -0.141. The average Bonchev–Trinajstić information content (AvgIpc) is 3.05. The molecule has 1 amide bonds. The third kappa shape index (κ3) is 4.29. The molecule has 1 aromatic carbocycles. The number of carbonyl (C=O) groups is 1. The Morgan fingerprint density at radius 3 is 2.50 bits per heavy atom. The summed E-state index contributed by atoms with van der Waals surface area (Å²) in [7, 11) is -2.18. The quantitative estimate of drug-likeness (QED) is 0.535. The van der Waals surface area contributed by atoms with E-state index in [1.54, 1.807) is 0 Å². The van der Waals surface area contributed by atoms with E-state index in [1.165, 1.54) is 26.1 Å². The van der Waals surface area contributed by atoms with Crippen LogP contribution in [0.2, 0.25) is 0 Å². The van der Waals surface area contributed by atoms with Gasteiger partial charge in [-0.2, -0.15) is 13.2 Å². The van der Waals surface area contributed by atoms with Gasteiger partial charge >= 0.3 is 6.18 Å². The summed E-state index contributed by atoms with van der Waals surface area (Å²) < 4.78 is 70.7. The smallest absolute Gasteiger partial charge is 0.433 e. The number of nitrogens with one attached hydrogen (secondary N) is 2. The molecule has 0 saturated carbocycles. The Balaban J connectivity index is 2.20. The van der Waals surface area contributed by atoms with Crippen molar-refractivity contribution in [3.8, 4) is 11.3 Å². The van der Waals surface area contributed by atoms with Crippen LogP contribution in [0.4, 0.5) is 18.9 Å². The van der Waals surface area contributed by atoms with Crippen LogP contribution < -0.4 is 10.0 Å². The number of furan rings is 1. The fourth-order valence-electron chi connectivity index (χ4n) is 2.68. The minimum Gasteiger partial charge on any atom is -0.455 e. The number of alkyl halides is 3.